The molecule has 4 heteroatoms. The summed E-state index contributed by atoms with van der Waals surface area (Å²) in [4.78, 5) is 2.18. The Kier molecular flexibility index (Phi) is 5.21. The van der Waals surface area contributed by atoms with Gasteiger partial charge in [-0.05, 0) is 49.2 Å². The number of nitrogens with zero attached hydrogens (tertiary/aromatic N) is 1. The fourth-order valence-electron chi connectivity index (χ4n) is 2.20. The first-order valence-corrected chi connectivity index (χ1v) is 7.29. The van der Waals surface area contributed by atoms with Crippen molar-refractivity contribution in [3.8, 4) is 0 Å². The molecule has 2 aromatic carbocycles. The van der Waals surface area contributed by atoms with Gasteiger partial charge in [-0.2, -0.15) is 0 Å². The molecule has 0 heterocycles. The molecule has 112 valence electrons. The largest absolute Gasteiger partial charge is 0.392 e. The summed E-state index contributed by atoms with van der Waals surface area (Å²) in [6.45, 7) is 4.79. The zero-order valence-electron chi connectivity index (χ0n) is 12.2. The van der Waals surface area contributed by atoms with Crippen molar-refractivity contribution in [2.75, 3.05) is 4.90 Å². The molecule has 0 unspecified atom stereocenters. The van der Waals surface area contributed by atoms with E-state index in [0.29, 0.717) is 17.1 Å². The Bertz CT molecular complexity index is 598. The van der Waals surface area contributed by atoms with Crippen LogP contribution in [0.3, 0.4) is 0 Å². The number of anilines is 1. The molecule has 1 N–H and O–H groups in total. The maximum atomic E-state index is 13.0. The van der Waals surface area contributed by atoms with Crippen molar-refractivity contribution in [2.24, 2.45) is 0 Å². The molecule has 0 amide bonds. The van der Waals surface area contributed by atoms with Gasteiger partial charge in [0, 0.05) is 23.3 Å². The number of aliphatic hydroxyl groups is 1. The molecule has 0 bridgehead atoms. The van der Waals surface area contributed by atoms with Gasteiger partial charge in [0.15, 0.2) is 0 Å². The molecule has 2 rings (SSSR count). The fourth-order valence-corrected chi connectivity index (χ4v) is 2.44. The molecule has 21 heavy (non-hydrogen) atoms. The Morgan fingerprint density at radius 1 is 1.14 bits per heavy atom. The summed E-state index contributed by atoms with van der Waals surface area (Å²) >= 11 is 6.17. The molecule has 0 radical (unpaired) electrons. The normalized spacial score (nSPS) is 11.0. The van der Waals surface area contributed by atoms with Gasteiger partial charge < -0.3 is 10.0 Å². The van der Waals surface area contributed by atoms with E-state index in [-0.39, 0.29) is 18.5 Å². The lowest BCUT2D eigenvalue weighted by atomic mass is 10.1. The third-order valence-electron chi connectivity index (χ3n) is 3.43. The van der Waals surface area contributed by atoms with Crippen molar-refractivity contribution >= 4 is 17.3 Å². The van der Waals surface area contributed by atoms with Crippen LogP contribution in [0.15, 0.2) is 42.5 Å². The van der Waals surface area contributed by atoms with E-state index < -0.39 is 0 Å². The minimum atomic E-state index is -0.231. The summed E-state index contributed by atoms with van der Waals surface area (Å²) in [5.41, 5.74) is 2.73. The van der Waals surface area contributed by atoms with Crippen LogP contribution < -0.4 is 4.90 Å². The molecular weight excluding hydrogens is 289 g/mol. The maximum absolute atomic E-state index is 13.0. The van der Waals surface area contributed by atoms with Crippen LogP contribution in [0.2, 0.25) is 5.02 Å². The lowest BCUT2D eigenvalue weighted by Crippen LogP contribution is -2.30. The van der Waals surface area contributed by atoms with Crippen LogP contribution in [0.4, 0.5) is 10.1 Å². The van der Waals surface area contributed by atoms with Crippen LogP contribution in [0.25, 0.3) is 0 Å². The molecule has 2 nitrogen and oxygen atoms in total. The zero-order valence-corrected chi connectivity index (χ0v) is 12.9. The number of halogens is 2. The Hall–Kier alpha value is -1.58. The van der Waals surface area contributed by atoms with E-state index in [2.05, 4.69) is 18.7 Å². The third kappa shape index (κ3) is 3.96. The molecule has 0 aliphatic rings. The molecule has 2 aromatic rings. The summed E-state index contributed by atoms with van der Waals surface area (Å²) in [5, 5.41) is 9.74. The average Bonchev–Trinajstić information content (AvgIpc) is 2.46. The van der Waals surface area contributed by atoms with Gasteiger partial charge in [0.2, 0.25) is 0 Å². The Morgan fingerprint density at radius 2 is 1.81 bits per heavy atom. The Labute approximate surface area is 129 Å². The highest BCUT2D eigenvalue weighted by Gasteiger charge is 2.13. The average molecular weight is 308 g/mol. The van der Waals surface area contributed by atoms with Gasteiger partial charge in [0.05, 0.1) is 6.61 Å². The van der Waals surface area contributed by atoms with Gasteiger partial charge in [-0.25, -0.2) is 4.39 Å². The summed E-state index contributed by atoms with van der Waals surface area (Å²) < 4.78 is 13.0. The van der Waals surface area contributed by atoms with Crippen molar-refractivity contribution in [1.29, 1.82) is 0 Å². The van der Waals surface area contributed by atoms with Gasteiger partial charge in [-0.3, -0.25) is 0 Å². The monoisotopic (exact) mass is 307 g/mol. The first-order valence-electron chi connectivity index (χ1n) is 6.91. The van der Waals surface area contributed by atoms with Crippen molar-refractivity contribution in [1.82, 2.24) is 0 Å². The van der Waals surface area contributed by atoms with Crippen molar-refractivity contribution in [2.45, 2.75) is 33.0 Å². The minimum Gasteiger partial charge on any atom is -0.392 e. The van der Waals surface area contributed by atoms with Gasteiger partial charge in [0.1, 0.15) is 5.82 Å². The second kappa shape index (κ2) is 6.92. The van der Waals surface area contributed by atoms with Crippen LogP contribution in [0.1, 0.15) is 25.0 Å². The van der Waals surface area contributed by atoms with Crippen LogP contribution in [0.5, 0.6) is 0 Å². The first-order chi connectivity index (χ1) is 10.0. The van der Waals surface area contributed by atoms with Crippen molar-refractivity contribution in [3.63, 3.8) is 0 Å². The molecule has 0 saturated carbocycles. The van der Waals surface area contributed by atoms with Gasteiger partial charge in [0.25, 0.3) is 0 Å². The third-order valence-corrected chi connectivity index (χ3v) is 3.78. The smallest absolute Gasteiger partial charge is 0.123 e. The SMILES string of the molecule is CC(C)N(Cc1ccc(F)cc1)c1ccc(CO)c(Cl)c1. The van der Waals surface area contributed by atoms with Gasteiger partial charge in [-0.15, -0.1) is 0 Å². The van der Waals surface area contributed by atoms with E-state index in [1.807, 2.05) is 18.2 Å². The van der Waals surface area contributed by atoms with E-state index >= 15 is 0 Å². The lowest BCUT2D eigenvalue weighted by molar-refractivity contribution is 0.282. The van der Waals surface area contributed by atoms with Crippen molar-refractivity contribution in [3.05, 3.63) is 64.4 Å². The first kappa shape index (κ1) is 15.8. The quantitative estimate of drug-likeness (QED) is 0.885. The summed E-state index contributed by atoms with van der Waals surface area (Å²) in [6, 6.07) is 12.4. The Morgan fingerprint density at radius 3 is 2.33 bits per heavy atom. The molecule has 0 atom stereocenters. The maximum Gasteiger partial charge on any atom is 0.123 e. The number of aliphatic hydroxyl groups excluding tert-OH is 1. The Balaban J connectivity index is 2.26. The van der Waals surface area contributed by atoms with Crippen LogP contribution >= 0.6 is 11.6 Å². The fraction of sp³-hybridized carbons (Fsp3) is 0.294. The van der Waals surface area contributed by atoms with Crippen LogP contribution in [-0.4, -0.2) is 11.1 Å². The number of rotatable bonds is 5. The lowest BCUT2D eigenvalue weighted by Gasteiger charge is -2.29. The second-order valence-corrected chi connectivity index (χ2v) is 5.69. The second-order valence-electron chi connectivity index (χ2n) is 5.28. The number of hydrogen-bond acceptors (Lipinski definition) is 2. The van der Waals surface area contributed by atoms with E-state index in [1.54, 1.807) is 12.1 Å². The standard InChI is InChI=1S/C17H19ClFNO/c1-12(2)20(10-13-3-6-15(19)7-4-13)16-8-5-14(11-21)17(18)9-16/h3-9,12,21H,10-11H2,1-2H3. The number of benzene rings is 2. The molecule has 0 spiro atoms. The highest BCUT2D eigenvalue weighted by atomic mass is 35.5. The molecule has 0 aliphatic heterocycles. The predicted octanol–water partition coefficient (Wildman–Crippen LogP) is 4.39. The molecule has 0 saturated heterocycles. The highest BCUT2D eigenvalue weighted by Crippen LogP contribution is 2.26. The van der Waals surface area contributed by atoms with E-state index in [9.17, 15) is 9.50 Å². The number of hydrogen-bond donors (Lipinski definition) is 1. The molecule has 0 aromatic heterocycles. The predicted molar refractivity (Wildman–Crippen MR) is 85.1 cm³/mol. The van der Waals surface area contributed by atoms with Crippen LogP contribution in [0, 0.1) is 5.82 Å². The van der Waals surface area contributed by atoms with Crippen molar-refractivity contribution < 1.29 is 9.50 Å². The van der Waals surface area contributed by atoms with E-state index in [0.717, 1.165) is 11.3 Å². The summed E-state index contributed by atoms with van der Waals surface area (Å²) in [6.07, 6.45) is 0. The van der Waals surface area contributed by atoms with E-state index in [1.165, 1.54) is 12.1 Å². The highest BCUT2D eigenvalue weighted by molar-refractivity contribution is 6.31. The summed E-state index contributed by atoms with van der Waals surface area (Å²) in [5.74, 6) is -0.231. The molecular formula is C17H19ClFNO. The van der Waals surface area contributed by atoms with Crippen LogP contribution in [-0.2, 0) is 13.2 Å². The minimum absolute atomic E-state index is 0.0707. The topological polar surface area (TPSA) is 23.5 Å². The van der Waals surface area contributed by atoms with Gasteiger partial charge in [-0.1, -0.05) is 29.8 Å². The zero-order chi connectivity index (χ0) is 15.4. The van der Waals surface area contributed by atoms with Gasteiger partial charge >= 0.3 is 0 Å². The van der Waals surface area contributed by atoms with E-state index in [4.69, 9.17) is 11.6 Å². The summed E-state index contributed by atoms with van der Waals surface area (Å²) in [7, 11) is 0. The molecule has 0 aliphatic carbocycles. The molecule has 0 fully saturated rings.